The molecule has 0 spiro atoms. The third-order valence-corrected chi connectivity index (χ3v) is 6.64. The number of carbonyl (C=O) groups excluding carboxylic acids is 1. The number of nitrogens with one attached hydrogen (secondary N) is 1. The number of carbonyl (C=O) groups is 1. The predicted octanol–water partition coefficient (Wildman–Crippen LogP) is 3.77. The van der Waals surface area contributed by atoms with Gasteiger partial charge < -0.3 is 9.64 Å². The summed E-state index contributed by atoms with van der Waals surface area (Å²) in [5.41, 5.74) is 3.35. The SMILES string of the molecule is CCOc1ccc(S(=O)(=O)NCc2ccc3c(c2)N(C(=O)c2ccccc2)CC3)cc1. The third-order valence-electron chi connectivity index (χ3n) is 5.22. The van der Waals surface area contributed by atoms with Crippen LogP contribution in [0.4, 0.5) is 5.69 Å². The average molecular weight is 437 g/mol. The van der Waals surface area contributed by atoms with Crippen LogP contribution in [0.5, 0.6) is 5.75 Å². The Morgan fingerprint density at radius 2 is 1.77 bits per heavy atom. The molecule has 160 valence electrons. The minimum absolute atomic E-state index is 0.0496. The van der Waals surface area contributed by atoms with Crippen molar-refractivity contribution in [3.8, 4) is 5.75 Å². The van der Waals surface area contributed by atoms with Gasteiger partial charge in [-0.1, -0.05) is 30.3 Å². The minimum atomic E-state index is -3.66. The largest absolute Gasteiger partial charge is 0.494 e. The van der Waals surface area contributed by atoms with Crippen LogP contribution in [-0.4, -0.2) is 27.5 Å². The molecule has 0 saturated heterocycles. The van der Waals surface area contributed by atoms with E-state index in [4.69, 9.17) is 4.74 Å². The van der Waals surface area contributed by atoms with Crippen molar-refractivity contribution in [3.63, 3.8) is 0 Å². The van der Waals surface area contributed by atoms with Crippen LogP contribution in [-0.2, 0) is 23.0 Å². The number of benzene rings is 3. The summed E-state index contributed by atoms with van der Waals surface area (Å²) in [5.74, 6) is 0.578. The molecule has 7 heteroatoms. The van der Waals surface area contributed by atoms with Crippen LogP contribution < -0.4 is 14.4 Å². The molecule has 4 rings (SSSR count). The molecule has 3 aromatic rings. The monoisotopic (exact) mass is 436 g/mol. The zero-order valence-corrected chi connectivity index (χ0v) is 18.1. The van der Waals surface area contributed by atoms with Gasteiger partial charge in [-0.15, -0.1) is 0 Å². The highest BCUT2D eigenvalue weighted by atomic mass is 32.2. The van der Waals surface area contributed by atoms with Crippen LogP contribution in [0, 0.1) is 0 Å². The van der Waals surface area contributed by atoms with E-state index in [0.717, 1.165) is 23.2 Å². The molecular formula is C24H24N2O4S. The van der Waals surface area contributed by atoms with Gasteiger partial charge in [0, 0.05) is 24.3 Å². The highest BCUT2D eigenvalue weighted by Gasteiger charge is 2.26. The van der Waals surface area contributed by atoms with E-state index in [1.54, 1.807) is 29.2 Å². The average Bonchev–Trinajstić information content (AvgIpc) is 3.22. The van der Waals surface area contributed by atoms with Crippen molar-refractivity contribution in [2.45, 2.75) is 24.8 Å². The topological polar surface area (TPSA) is 75.7 Å². The number of amides is 1. The molecule has 1 aliphatic heterocycles. The molecule has 1 N–H and O–H groups in total. The summed E-state index contributed by atoms with van der Waals surface area (Å²) < 4.78 is 33.3. The summed E-state index contributed by atoms with van der Waals surface area (Å²) in [5, 5.41) is 0. The van der Waals surface area contributed by atoms with Crippen LogP contribution in [0.2, 0.25) is 0 Å². The van der Waals surface area contributed by atoms with Crippen LogP contribution >= 0.6 is 0 Å². The van der Waals surface area contributed by atoms with Gasteiger partial charge in [0.2, 0.25) is 10.0 Å². The molecule has 0 aliphatic carbocycles. The second-order valence-electron chi connectivity index (χ2n) is 7.26. The van der Waals surface area contributed by atoms with Gasteiger partial charge in [-0.3, -0.25) is 4.79 Å². The van der Waals surface area contributed by atoms with E-state index in [9.17, 15) is 13.2 Å². The Kier molecular flexibility index (Phi) is 6.06. The molecule has 31 heavy (non-hydrogen) atoms. The summed E-state index contributed by atoms with van der Waals surface area (Å²) in [6.07, 6.45) is 0.784. The lowest BCUT2D eigenvalue weighted by Crippen LogP contribution is -2.29. The van der Waals surface area contributed by atoms with Crippen molar-refractivity contribution in [2.24, 2.45) is 0 Å². The van der Waals surface area contributed by atoms with Gasteiger partial charge in [-0.05, 0) is 66.9 Å². The standard InChI is InChI=1S/C24H24N2O4S/c1-2-30-21-10-12-22(13-11-21)31(28,29)25-17-18-8-9-19-14-15-26(23(19)16-18)24(27)20-6-4-3-5-7-20/h3-13,16,25H,2,14-15,17H2,1H3. The number of fused-ring (bicyclic) bond motifs is 1. The minimum Gasteiger partial charge on any atom is -0.494 e. The molecule has 0 bridgehead atoms. The number of nitrogens with zero attached hydrogens (tertiary/aromatic N) is 1. The fourth-order valence-corrected chi connectivity index (χ4v) is 4.64. The second-order valence-corrected chi connectivity index (χ2v) is 9.03. The Balaban J connectivity index is 1.49. The summed E-state index contributed by atoms with van der Waals surface area (Å²) in [4.78, 5) is 14.8. The van der Waals surface area contributed by atoms with Crippen molar-refractivity contribution in [3.05, 3.63) is 89.5 Å². The van der Waals surface area contributed by atoms with Crippen molar-refractivity contribution in [1.29, 1.82) is 0 Å². The first-order chi connectivity index (χ1) is 15.0. The van der Waals surface area contributed by atoms with E-state index < -0.39 is 10.0 Å². The van der Waals surface area contributed by atoms with Gasteiger partial charge in [0.15, 0.2) is 0 Å². The van der Waals surface area contributed by atoms with Crippen molar-refractivity contribution >= 4 is 21.6 Å². The first kappa shape index (κ1) is 21.1. The Morgan fingerprint density at radius 3 is 2.48 bits per heavy atom. The molecule has 0 aromatic heterocycles. The summed E-state index contributed by atoms with van der Waals surface area (Å²) in [6, 6.07) is 21.3. The van der Waals surface area contributed by atoms with Crippen molar-refractivity contribution in [1.82, 2.24) is 4.72 Å². The fraction of sp³-hybridized carbons (Fsp3) is 0.208. The van der Waals surface area contributed by atoms with Crippen LogP contribution in [0.25, 0.3) is 0 Å². The van der Waals surface area contributed by atoms with Gasteiger partial charge in [0.05, 0.1) is 11.5 Å². The quantitative estimate of drug-likeness (QED) is 0.612. The highest BCUT2D eigenvalue weighted by Crippen LogP contribution is 2.30. The molecule has 1 amide bonds. The number of sulfonamides is 1. The Labute approximate surface area is 182 Å². The predicted molar refractivity (Wildman–Crippen MR) is 120 cm³/mol. The Morgan fingerprint density at radius 1 is 1.03 bits per heavy atom. The number of hydrogen-bond acceptors (Lipinski definition) is 4. The van der Waals surface area contributed by atoms with Gasteiger partial charge in [0.25, 0.3) is 5.91 Å². The Bertz CT molecular complexity index is 1180. The maximum atomic E-state index is 12.9. The maximum absolute atomic E-state index is 12.9. The van der Waals surface area contributed by atoms with E-state index in [-0.39, 0.29) is 17.3 Å². The van der Waals surface area contributed by atoms with E-state index in [0.29, 0.717) is 24.5 Å². The van der Waals surface area contributed by atoms with Gasteiger partial charge in [-0.2, -0.15) is 0 Å². The third kappa shape index (κ3) is 4.62. The maximum Gasteiger partial charge on any atom is 0.258 e. The molecule has 6 nitrogen and oxygen atoms in total. The first-order valence-corrected chi connectivity index (χ1v) is 11.7. The normalized spacial score (nSPS) is 13.1. The first-order valence-electron chi connectivity index (χ1n) is 10.2. The molecule has 1 aliphatic rings. The van der Waals surface area contributed by atoms with Crippen molar-refractivity contribution in [2.75, 3.05) is 18.1 Å². The summed E-state index contributed by atoms with van der Waals surface area (Å²) in [6.45, 7) is 3.14. The molecule has 0 fully saturated rings. The zero-order valence-electron chi connectivity index (χ0n) is 17.2. The molecule has 0 radical (unpaired) electrons. The van der Waals surface area contributed by atoms with E-state index in [1.807, 2.05) is 43.3 Å². The molecule has 0 saturated carbocycles. The second kappa shape index (κ2) is 8.91. The van der Waals surface area contributed by atoms with Crippen LogP contribution in [0.3, 0.4) is 0 Å². The smallest absolute Gasteiger partial charge is 0.258 e. The lowest BCUT2D eigenvalue weighted by atomic mass is 10.1. The molecule has 3 aromatic carbocycles. The Hall–Kier alpha value is -3.16. The van der Waals surface area contributed by atoms with E-state index in [1.165, 1.54) is 12.1 Å². The zero-order chi connectivity index (χ0) is 21.8. The summed E-state index contributed by atoms with van der Waals surface area (Å²) in [7, 11) is -3.66. The van der Waals surface area contributed by atoms with Crippen LogP contribution in [0.1, 0.15) is 28.4 Å². The van der Waals surface area contributed by atoms with Gasteiger partial charge >= 0.3 is 0 Å². The number of anilines is 1. The van der Waals surface area contributed by atoms with Gasteiger partial charge in [-0.25, -0.2) is 13.1 Å². The summed E-state index contributed by atoms with van der Waals surface area (Å²) >= 11 is 0. The van der Waals surface area contributed by atoms with Crippen molar-refractivity contribution < 1.29 is 17.9 Å². The molecule has 0 unspecified atom stereocenters. The van der Waals surface area contributed by atoms with Gasteiger partial charge in [0.1, 0.15) is 5.75 Å². The lowest BCUT2D eigenvalue weighted by Gasteiger charge is -2.18. The number of ether oxygens (including phenoxy) is 1. The molecule has 0 atom stereocenters. The number of hydrogen-bond donors (Lipinski definition) is 1. The molecular weight excluding hydrogens is 412 g/mol. The van der Waals surface area contributed by atoms with Crippen LogP contribution in [0.15, 0.2) is 77.7 Å². The molecule has 1 heterocycles. The number of rotatable bonds is 7. The van der Waals surface area contributed by atoms with E-state index >= 15 is 0 Å². The highest BCUT2D eigenvalue weighted by molar-refractivity contribution is 7.89. The fourth-order valence-electron chi connectivity index (χ4n) is 3.63. The van der Waals surface area contributed by atoms with E-state index in [2.05, 4.69) is 4.72 Å². The lowest BCUT2D eigenvalue weighted by molar-refractivity contribution is 0.0989.